The standard InChI is InChI=1S/C13H20O4/c1-2-3-4-5-6-7-9-8-10(14)12(15)11(9)13(16)17/h4-7,9-12,14-15H,2-3,8H2,1H3,(H,16,17)/b5-4+,7-6+/t9-,10+,11+,12+/m1/s1. The highest BCUT2D eigenvalue weighted by atomic mass is 16.4. The van der Waals surface area contributed by atoms with Crippen molar-refractivity contribution in [2.24, 2.45) is 11.8 Å². The Morgan fingerprint density at radius 1 is 1.35 bits per heavy atom. The maximum Gasteiger partial charge on any atom is 0.309 e. The molecule has 0 aromatic rings. The Balaban J connectivity index is 2.60. The normalized spacial score (nSPS) is 33.8. The predicted molar refractivity (Wildman–Crippen MR) is 64.4 cm³/mol. The fourth-order valence-corrected chi connectivity index (χ4v) is 2.13. The third-order valence-corrected chi connectivity index (χ3v) is 3.08. The molecule has 17 heavy (non-hydrogen) atoms. The van der Waals surface area contributed by atoms with Gasteiger partial charge in [-0.2, -0.15) is 0 Å². The molecule has 1 saturated carbocycles. The highest BCUT2D eigenvalue weighted by Crippen LogP contribution is 2.33. The fourth-order valence-electron chi connectivity index (χ4n) is 2.13. The molecule has 0 aliphatic heterocycles. The molecule has 1 aliphatic rings. The third-order valence-electron chi connectivity index (χ3n) is 3.08. The van der Waals surface area contributed by atoms with Gasteiger partial charge in [0.1, 0.15) is 0 Å². The van der Waals surface area contributed by atoms with Gasteiger partial charge in [0.15, 0.2) is 0 Å². The van der Waals surface area contributed by atoms with Crippen molar-refractivity contribution in [3.05, 3.63) is 24.3 Å². The maximum absolute atomic E-state index is 11.0. The molecular weight excluding hydrogens is 220 g/mol. The van der Waals surface area contributed by atoms with Gasteiger partial charge in [0, 0.05) is 0 Å². The average Bonchev–Trinajstić information content (AvgIpc) is 2.54. The Kier molecular flexibility index (Phi) is 5.38. The van der Waals surface area contributed by atoms with Crippen LogP contribution in [0.3, 0.4) is 0 Å². The summed E-state index contributed by atoms with van der Waals surface area (Å²) in [7, 11) is 0. The molecule has 0 aromatic carbocycles. The lowest BCUT2D eigenvalue weighted by atomic mass is 9.94. The zero-order valence-corrected chi connectivity index (χ0v) is 9.99. The summed E-state index contributed by atoms with van der Waals surface area (Å²) in [6.07, 6.45) is 7.69. The summed E-state index contributed by atoms with van der Waals surface area (Å²) < 4.78 is 0. The molecule has 0 heterocycles. The molecule has 0 saturated heterocycles. The van der Waals surface area contributed by atoms with E-state index < -0.39 is 24.1 Å². The van der Waals surface area contributed by atoms with Crippen LogP contribution in [-0.2, 0) is 4.79 Å². The van der Waals surface area contributed by atoms with E-state index in [0.29, 0.717) is 6.42 Å². The van der Waals surface area contributed by atoms with Gasteiger partial charge < -0.3 is 15.3 Å². The first kappa shape index (κ1) is 13.9. The SMILES string of the molecule is CCC/C=C/C=C/[C@@H]1C[C@H](O)[C@H](O)[C@H]1C(=O)O. The first-order chi connectivity index (χ1) is 8.07. The summed E-state index contributed by atoms with van der Waals surface area (Å²) in [4.78, 5) is 11.0. The van der Waals surface area contributed by atoms with Crippen molar-refractivity contribution in [1.82, 2.24) is 0 Å². The van der Waals surface area contributed by atoms with Crippen LogP contribution >= 0.6 is 0 Å². The molecule has 0 bridgehead atoms. The van der Waals surface area contributed by atoms with Crippen molar-refractivity contribution in [3.63, 3.8) is 0 Å². The van der Waals surface area contributed by atoms with Gasteiger partial charge in [-0.3, -0.25) is 4.79 Å². The van der Waals surface area contributed by atoms with E-state index in [1.807, 2.05) is 12.2 Å². The van der Waals surface area contributed by atoms with Crippen LogP contribution in [0, 0.1) is 11.8 Å². The van der Waals surface area contributed by atoms with Crippen LogP contribution in [0.25, 0.3) is 0 Å². The molecule has 0 aromatic heterocycles. The van der Waals surface area contributed by atoms with E-state index in [2.05, 4.69) is 6.92 Å². The first-order valence-corrected chi connectivity index (χ1v) is 6.00. The van der Waals surface area contributed by atoms with Crippen molar-refractivity contribution >= 4 is 5.97 Å². The Bertz CT molecular complexity index is 309. The van der Waals surface area contributed by atoms with Gasteiger partial charge >= 0.3 is 5.97 Å². The number of unbranched alkanes of at least 4 members (excludes halogenated alkanes) is 1. The molecule has 0 amide bonds. The minimum absolute atomic E-state index is 0.302. The molecule has 0 radical (unpaired) electrons. The topological polar surface area (TPSA) is 77.8 Å². The highest BCUT2D eigenvalue weighted by Gasteiger charge is 2.44. The van der Waals surface area contributed by atoms with Crippen LogP contribution in [0.4, 0.5) is 0 Å². The monoisotopic (exact) mass is 240 g/mol. The van der Waals surface area contributed by atoms with E-state index >= 15 is 0 Å². The number of hydrogen-bond donors (Lipinski definition) is 3. The molecule has 4 atom stereocenters. The fraction of sp³-hybridized carbons (Fsp3) is 0.615. The summed E-state index contributed by atoms with van der Waals surface area (Å²) in [6.45, 7) is 2.08. The Morgan fingerprint density at radius 3 is 2.65 bits per heavy atom. The molecule has 1 rings (SSSR count). The highest BCUT2D eigenvalue weighted by molar-refractivity contribution is 5.72. The molecular formula is C13H20O4. The van der Waals surface area contributed by atoms with Crippen molar-refractivity contribution in [3.8, 4) is 0 Å². The molecule has 3 N–H and O–H groups in total. The zero-order chi connectivity index (χ0) is 12.8. The van der Waals surface area contributed by atoms with Crippen molar-refractivity contribution in [1.29, 1.82) is 0 Å². The Morgan fingerprint density at radius 2 is 2.06 bits per heavy atom. The minimum Gasteiger partial charge on any atom is -0.481 e. The van der Waals surface area contributed by atoms with Crippen LogP contribution in [0.2, 0.25) is 0 Å². The lowest BCUT2D eigenvalue weighted by Crippen LogP contribution is -2.31. The largest absolute Gasteiger partial charge is 0.481 e. The van der Waals surface area contributed by atoms with E-state index in [-0.39, 0.29) is 5.92 Å². The van der Waals surface area contributed by atoms with E-state index in [9.17, 15) is 15.0 Å². The van der Waals surface area contributed by atoms with Gasteiger partial charge in [0.25, 0.3) is 0 Å². The van der Waals surface area contributed by atoms with E-state index in [1.54, 1.807) is 12.2 Å². The number of allylic oxidation sites excluding steroid dienone is 4. The third kappa shape index (κ3) is 3.68. The number of aliphatic carboxylic acids is 1. The second-order valence-electron chi connectivity index (χ2n) is 4.42. The Hall–Kier alpha value is -1.13. The van der Waals surface area contributed by atoms with Crippen LogP contribution in [0.1, 0.15) is 26.2 Å². The molecule has 0 unspecified atom stereocenters. The second kappa shape index (κ2) is 6.57. The molecule has 1 aliphatic carbocycles. The maximum atomic E-state index is 11.0. The molecule has 4 nitrogen and oxygen atoms in total. The zero-order valence-electron chi connectivity index (χ0n) is 9.99. The van der Waals surface area contributed by atoms with E-state index in [4.69, 9.17) is 5.11 Å². The molecule has 4 heteroatoms. The van der Waals surface area contributed by atoms with Gasteiger partial charge in [0.2, 0.25) is 0 Å². The number of carboxylic acid groups (broad SMARTS) is 1. The summed E-state index contributed by atoms with van der Waals surface area (Å²) in [5.41, 5.74) is 0. The lowest BCUT2D eigenvalue weighted by Gasteiger charge is -2.14. The lowest BCUT2D eigenvalue weighted by molar-refractivity contribution is -0.146. The van der Waals surface area contributed by atoms with Gasteiger partial charge in [-0.05, 0) is 18.8 Å². The number of aliphatic hydroxyl groups excluding tert-OH is 2. The van der Waals surface area contributed by atoms with Crippen molar-refractivity contribution in [2.75, 3.05) is 0 Å². The first-order valence-electron chi connectivity index (χ1n) is 6.00. The number of aliphatic hydroxyl groups is 2. The van der Waals surface area contributed by atoms with Gasteiger partial charge in [-0.15, -0.1) is 0 Å². The van der Waals surface area contributed by atoms with Gasteiger partial charge in [-0.25, -0.2) is 0 Å². The predicted octanol–water partition coefficient (Wildman–Crippen LogP) is 1.34. The van der Waals surface area contributed by atoms with Gasteiger partial charge in [-0.1, -0.05) is 37.6 Å². The second-order valence-corrected chi connectivity index (χ2v) is 4.42. The smallest absolute Gasteiger partial charge is 0.309 e. The van der Waals surface area contributed by atoms with Crippen LogP contribution < -0.4 is 0 Å². The van der Waals surface area contributed by atoms with E-state index in [0.717, 1.165) is 12.8 Å². The molecule has 1 fully saturated rings. The van der Waals surface area contributed by atoms with Crippen LogP contribution in [0.5, 0.6) is 0 Å². The van der Waals surface area contributed by atoms with E-state index in [1.165, 1.54) is 0 Å². The minimum atomic E-state index is -1.17. The number of hydrogen-bond acceptors (Lipinski definition) is 3. The Labute approximate surface area is 101 Å². The summed E-state index contributed by atoms with van der Waals surface area (Å²) >= 11 is 0. The quantitative estimate of drug-likeness (QED) is 0.634. The number of carbonyl (C=O) groups is 1. The van der Waals surface area contributed by atoms with Crippen LogP contribution in [0.15, 0.2) is 24.3 Å². The summed E-state index contributed by atoms with van der Waals surface area (Å²) in [6, 6.07) is 0. The molecule has 0 spiro atoms. The van der Waals surface area contributed by atoms with Crippen LogP contribution in [-0.4, -0.2) is 33.5 Å². The number of carboxylic acids is 1. The van der Waals surface area contributed by atoms with Crippen molar-refractivity contribution < 1.29 is 20.1 Å². The summed E-state index contributed by atoms with van der Waals surface area (Å²) in [5, 5.41) is 28.0. The molecule has 96 valence electrons. The van der Waals surface area contributed by atoms with Gasteiger partial charge in [0.05, 0.1) is 18.1 Å². The number of rotatable bonds is 5. The summed E-state index contributed by atoms with van der Waals surface area (Å²) in [5.74, 6) is -2.26. The van der Waals surface area contributed by atoms with Crippen molar-refractivity contribution in [2.45, 2.75) is 38.4 Å². The average molecular weight is 240 g/mol.